The van der Waals surface area contributed by atoms with E-state index >= 15 is 0 Å². The van der Waals surface area contributed by atoms with Crippen LogP contribution >= 0.6 is 11.8 Å². The van der Waals surface area contributed by atoms with E-state index < -0.39 is 4.92 Å². The number of nitrogens with one attached hydrogen (secondary N) is 1. The van der Waals surface area contributed by atoms with Crippen LogP contribution in [0.25, 0.3) is 0 Å². The number of ether oxygens (including phenoxy) is 1. The first-order valence-electron chi connectivity index (χ1n) is 6.13. The van der Waals surface area contributed by atoms with Crippen LogP contribution in [0.3, 0.4) is 0 Å². The smallest absolute Gasteiger partial charge is 0.273 e. The summed E-state index contributed by atoms with van der Waals surface area (Å²) in [5.74, 6) is 0.527. The van der Waals surface area contributed by atoms with Gasteiger partial charge in [-0.1, -0.05) is 30.0 Å². The number of hydrogen-bond donors (Lipinski definition) is 1. The number of benzene rings is 2. The van der Waals surface area contributed by atoms with E-state index in [1.54, 1.807) is 17.8 Å². The van der Waals surface area contributed by atoms with Gasteiger partial charge < -0.3 is 10.1 Å². The van der Waals surface area contributed by atoms with E-state index in [0.29, 0.717) is 12.3 Å². The Kier molecular flexibility index (Phi) is 3.47. The van der Waals surface area contributed by atoms with E-state index in [2.05, 4.69) is 5.32 Å². The molecule has 0 aliphatic carbocycles. The van der Waals surface area contributed by atoms with Gasteiger partial charge in [0.15, 0.2) is 11.2 Å². The molecular weight excluding hydrogens is 276 g/mol. The van der Waals surface area contributed by atoms with Crippen LogP contribution in [0, 0.1) is 10.1 Å². The average molecular weight is 288 g/mol. The van der Waals surface area contributed by atoms with Crippen LogP contribution < -0.4 is 10.1 Å². The molecule has 1 aliphatic rings. The van der Waals surface area contributed by atoms with Crippen LogP contribution in [0.4, 0.5) is 11.4 Å². The molecule has 0 saturated carbocycles. The van der Waals surface area contributed by atoms with Crippen LogP contribution in [0.15, 0.2) is 53.4 Å². The second kappa shape index (κ2) is 5.42. The van der Waals surface area contributed by atoms with E-state index in [1.807, 2.05) is 30.3 Å². The molecule has 1 unspecified atom stereocenters. The molecule has 0 saturated heterocycles. The minimum absolute atomic E-state index is 0.0379. The molecule has 5 nitrogen and oxygen atoms in total. The fourth-order valence-corrected chi connectivity index (χ4v) is 2.90. The molecule has 0 radical (unpaired) electrons. The van der Waals surface area contributed by atoms with Gasteiger partial charge in [-0.2, -0.15) is 0 Å². The maximum atomic E-state index is 10.8. The molecule has 102 valence electrons. The van der Waals surface area contributed by atoms with Crippen LogP contribution in [0.2, 0.25) is 0 Å². The van der Waals surface area contributed by atoms with Crippen molar-refractivity contribution in [2.75, 3.05) is 11.9 Å². The van der Waals surface area contributed by atoms with Gasteiger partial charge >= 0.3 is 0 Å². The van der Waals surface area contributed by atoms with Crippen molar-refractivity contribution in [1.82, 2.24) is 0 Å². The van der Waals surface area contributed by atoms with Gasteiger partial charge in [-0.3, -0.25) is 10.1 Å². The summed E-state index contributed by atoms with van der Waals surface area (Å²) < 4.78 is 5.82. The second-order valence-corrected chi connectivity index (χ2v) is 5.53. The lowest BCUT2D eigenvalue weighted by atomic mass is 10.2. The quantitative estimate of drug-likeness (QED) is 0.691. The summed E-state index contributed by atoms with van der Waals surface area (Å²) in [6, 6.07) is 14.5. The third kappa shape index (κ3) is 2.70. The highest BCUT2D eigenvalue weighted by atomic mass is 32.2. The molecule has 0 fully saturated rings. The molecule has 0 spiro atoms. The minimum Gasteiger partial charge on any atom is -0.475 e. The molecule has 1 heterocycles. The Labute approximate surface area is 120 Å². The van der Waals surface area contributed by atoms with Crippen molar-refractivity contribution in [3.63, 3.8) is 0 Å². The number of nitrogens with zero attached hydrogens (tertiary/aromatic N) is 1. The summed E-state index contributed by atoms with van der Waals surface area (Å²) in [5, 5.41) is 14.0. The lowest BCUT2D eigenvalue weighted by Crippen LogP contribution is -2.27. The maximum Gasteiger partial charge on any atom is 0.273 e. The molecule has 2 aromatic carbocycles. The Morgan fingerprint density at radius 2 is 2.05 bits per heavy atom. The van der Waals surface area contributed by atoms with Crippen LogP contribution in [-0.2, 0) is 0 Å². The van der Waals surface area contributed by atoms with Gasteiger partial charge in [0.1, 0.15) is 0 Å². The summed E-state index contributed by atoms with van der Waals surface area (Å²) in [6.07, 6.45) is 0. The van der Waals surface area contributed by atoms with E-state index in [9.17, 15) is 10.1 Å². The van der Waals surface area contributed by atoms with Crippen molar-refractivity contribution in [3.8, 4) is 5.75 Å². The first kappa shape index (κ1) is 12.8. The number of nitro benzene ring substituents is 1. The fourth-order valence-electron chi connectivity index (χ4n) is 1.96. The first-order valence-corrected chi connectivity index (χ1v) is 7.01. The monoisotopic (exact) mass is 288 g/mol. The number of fused-ring (bicyclic) bond motifs is 1. The number of non-ortho nitro benzene ring substituents is 1. The van der Waals surface area contributed by atoms with E-state index in [-0.39, 0.29) is 11.1 Å². The highest BCUT2D eigenvalue weighted by molar-refractivity contribution is 7.99. The average Bonchev–Trinajstić information content (AvgIpc) is 2.47. The summed E-state index contributed by atoms with van der Waals surface area (Å²) in [4.78, 5) is 11.5. The van der Waals surface area contributed by atoms with Crippen molar-refractivity contribution in [2.24, 2.45) is 0 Å². The predicted octanol–water partition coefficient (Wildman–Crippen LogP) is 3.52. The zero-order valence-electron chi connectivity index (χ0n) is 10.5. The maximum absolute atomic E-state index is 10.8. The highest BCUT2D eigenvalue weighted by Gasteiger charge is 2.22. The first-order chi connectivity index (χ1) is 9.72. The Morgan fingerprint density at radius 1 is 1.25 bits per heavy atom. The molecular formula is C14H12N2O3S. The molecule has 20 heavy (non-hydrogen) atoms. The molecule has 0 aromatic heterocycles. The molecule has 2 aromatic rings. The van der Waals surface area contributed by atoms with E-state index in [1.165, 1.54) is 12.1 Å². The number of anilines is 1. The third-order valence-electron chi connectivity index (χ3n) is 2.90. The number of thioether (sulfide) groups is 1. The number of nitro groups is 1. The SMILES string of the molecule is O=[N+]([O-])c1ccc2c(c1)OC(Sc1ccccc1)CN2. The summed E-state index contributed by atoms with van der Waals surface area (Å²) in [5.41, 5.74) is 0.725. The Morgan fingerprint density at radius 3 is 2.80 bits per heavy atom. The van der Waals surface area contributed by atoms with Gasteiger partial charge in [-0.15, -0.1) is 0 Å². The number of hydrogen-bond acceptors (Lipinski definition) is 5. The normalized spacial score (nSPS) is 16.7. The van der Waals surface area contributed by atoms with Crippen molar-refractivity contribution < 1.29 is 9.66 Å². The number of rotatable bonds is 3. The zero-order valence-corrected chi connectivity index (χ0v) is 11.3. The lowest BCUT2D eigenvalue weighted by Gasteiger charge is -2.26. The predicted molar refractivity (Wildman–Crippen MR) is 78.3 cm³/mol. The summed E-state index contributed by atoms with van der Waals surface area (Å²) in [7, 11) is 0. The minimum atomic E-state index is -0.419. The largest absolute Gasteiger partial charge is 0.475 e. The molecule has 6 heteroatoms. The highest BCUT2D eigenvalue weighted by Crippen LogP contribution is 2.36. The van der Waals surface area contributed by atoms with Gasteiger partial charge in [-0.05, 0) is 18.2 Å². The lowest BCUT2D eigenvalue weighted by molar-refractivity contribution is -0.384. The van der Waals surface area contributed by atoms with Crippen molar-refractivity contribution in [1.29, 1.82) is 0 Å². The van der Waals surface area contributed by atoms with Crippen molar-refractivity contribution in [2.45, 2.75) is 10.3 Å². The Bertz CT molecular complexity index is 634. The molecule has 0 amide bonds. The second-order valence-electron chi connectivity index (χ2n) is 4.30. The standard InChI is InChI=1S/C14H12N2O3S/c17-16(18)10-6-7-12-13(8-10)19-14(9-15-12)20-11-4-2-1-3-5-11/h1-8,14-15H,9H2. The molecule has 1 N–H and O–H groups in total. The molecule has 1 aliphatic heterocycles. The van der Waals surface area contributed by atoms with Gasteiger partial charge in [0.2, 0.25) is 0 Å². The van der Waals surface area contributed by atoms with Crippen LogP contribution in [0.5, 0.6) is 5.75 Å². The van der Waals surface area contributed by atoms with Gasteiger partial charge in [0.25, 0.3) is 5.69 Å². The zero-order chi connectivity index (χ0) is 13.9. The summed E-state index contributed by atoms with van der Waals surface area (Å²) >= 11 is 1.59. The van der Waals surface area contributed by atoms with Crippen LogP contribution in [-0.4, -0.2) is 16.9 Å². The Hall–Kier alpha value is -2.21. The van der Waals surface area contributed by atoms with Gasteiger partial charge in [0.05, 0.1) is 23.2 Å². The van der Waals surface area contributed by atoms with E-state index in [4.69, 9.17) is 4.74 Å². The van der Waals surface area contributed by atoms with Crippen molar-refractivity contribution >= 4 is 23.1 Å². The fraction of sp³-hybridized carbons (Fsp3) is 0.143. The van der Waals surface area contributed by atoms with Crippen LogP contribution in [0.1, 0.15) is 0 Å². The Balaban J connectivity index is 1.77. The topological polar surface area (TPSA) is 64.4 Å². The molecule has 1 atom stereocenters. The van der Waals surface area contributed by atoms with Gasteiger partial charge in [-0.25, -0.2) is 0 Å². The third-order valence-corrected chi connectivity index (χ3v) is 3.97. The molecule has 3 rings (SSSR count). The van der Waals surface area contributed by atoms with Crippen molar-refractivity contribution in [3.05, 3.63) is 58.6 Å². The molecule has 0 bridgehead atoms. The van der Waals surface area contributed by atoms with Gasteiger partial charge in [0, 0.05) is 11.0 Å². The summed E-state index contributed by atoms with van der Waals surface area (Å²) in [6.45, 7) is 0.657. The van der Waals surface area contributed by atoms with E-state index in [0.717, 1.165) is 10.6 Å².